The number of unbranched alkanes of at least 4 members (excludes halogenated alkanes) is 1. The lowest BCUT2D eigenvalue weighted by Crippen LogP contribution is -2.47. The van der Waals surface area contributed by atoms with E-state index >= 15 is 0 Å². The highest BCUT2D eigenvalue weighted by Gasteiger charge is 2.26. The van der Waals surface area contributed by atoms with Gasteiger partial charge in [-0.3, -0.25) is 9.69 Å². The van der Waals surface area contributed by atoms with E-state index in [1.807, 2.05) is 6.07 Å². The van der Waals surface area contributed by atoms with Gasteiger partial charge in [0, 0.05) is 33.1 Å². The summed E-state index contributed by atoms with van der Waals surface area (Å²) in [6.45, 7) is 7.42. The lowest BCUT2D eigenvalue weighted by atomic mass is 10.2. The van der Waals surface area contributed by atoms with E-state index in [0.717, 1.165) is 5.69 Å². The summed E-state index contributed by atoms with van der Waals surface area (Å²) in [5.41, 5.74) is 0.730. The molecule has 2 aromatic rings. The van der Waals surface area contributed by atoms with Gasteiger partial charge in [0.15, 0.2) is 5.82 Å². The minimum atomic E-state index is -0.658. The third kappa shape index (κ3) is 8.94. The van der Waals surface area contributed by atoms with Crippen LogP contribution < -0.4 is 20.7 Å². The zero-order chi connectivity index (χ0) is 26.7. The molecule has 3 N–H and O–H groups in total. The standard InChI is InChI=1S/C25H35N7O4/c1-17(32(6)24(34)36-25(2,3)4)22(33)27-14-10-8-9-11-18-15-29-23(26-5)31-21(18)30-19-12-13-20(35-7)28-16-19/h12-13,15-17H,8,10,14H2,1-7H3,(H,27,33)(H2,26,29,30,31)/t17-/m0/s1. The molecule has 0 aliphatic heterocycles. The largest absolute Gasteiger partial charge is 0.481 e. The average Bonchev–Trinajstić information content (AvgIpc) is 2.85. The fraction of sp³-hybridized carbons (Fsp3) is 0.480. The number of ether oxygens (including phenoxy) is 2. The quantitative estimate of drug-likeness (QED) is 0.353. The summed E-state index contributed by atoms with van der Waals surface area (Å²) in [4.78, 5) is 38.7. The molecule has 2 amide bonds. The Morgan fingerprint density at radius 3 is 2.56 bits per heavy atom. The van der Waals surface area contributed by atoms with Crippen LogP contribution in [0.1, 0.15) is 46.1 Å². The number of anilines is 3. The van der Waals surface area contributed by atoms with Crippen LogP contribution in [0.4, 0.5) is 22.2 Å². The molecule has 36 heavy (non-hydrogen) atoms. The van der Waals surface area contributed by atoms with Crippen LogP contribution in [0.3, 0.4) is 0 Å². The molecule has 0 saturated carbocycles. The third-order valence-corrected chi connectivity index (χ3v) is 4.86. The smallest absolute Gasteiger partial charge is 0.410 e. The van der Waals surface area contributed by atoms with E-state index in [1.165, 1.54) is 4.90 Å². The molecule has 0 saturated heterocycles. The molecular weight excluding hydrogens is 462 g/mol. The van der Waals surface area contributed by atoms with Gasteiger partial charge in [-0.05, 0) is 40.2 Å². The number of hydrogen-bond donors (Lipinski definition) is 3. The highest BCUT2D eigenvalue weighted by Crippen LogP contribution is 2.20. The van der Waals surface area contributed by atoms with Crippen LogP contribution in [0.5, 0.6) is 5.88 Å². The van der Waals surface area contributed by atoms with Gasteiger partial charge >= 0.3 is 6.09 Å². The van der Waals surface area contributed by atoms with Gasteiger partial charge in [-0.15, -0.1) is 0 Å². The molecule has 0 spiro atoms. The molecule has 2 rings (SSSR count). The molecule has 0 fully saturated rings. The minimum Gasteiger partial charge on any atom is -0.481 e. The summed E-state index contributed by atoms with van der Waals surface area (Å²) in [6, 6.07) is 2.91. The fourth-order valence-electron chi connectivity index (χ4n) is 2.76. The molecule has 0 aliphatic rings. The number of carbonyl (C=O) groups is 2. The van der Waals surface area contributed by atoms with Crippen molar-refractivity contribution in [3.8, 4) is 17.7 Å². The van der Waals surface area contributed by atoms with Crippen LogP contribution in [-0.2, 0) is 9.53 Å². The van der Waals surface area contributed by atoms with Crippen molar-refractivity contribution in [3.63, 3.8) is 0 Å². The van der Waals surface area contributed by atoms with Crippen molar-refractivity contribution >= 4 is 29.5 Å². The Balaban J connectivity index is 1.90. The number of amides is 2. The second kappa shape index (κ2) is 13.1. The number of pyridine rings is 1. The Labute approximate surface area is 212 Å². The van der Waals surface area contributed by atoms with Crippen molar-refractivity contribution in [2.45, 2.75) is 52.2 Å². The average molecular weight is 498 g/mol. The van der Waals surface area contributed by atoms with E-state index in [1.54, 1.807) is 67.4 Å². The van der Waals surface area contributed by atoms with Crippen LogP contribution in [-0.4, -0.2) is 71.2 Å². The van der Waals surface area contributed by atoms with Crippen LogP contribution in [0.15, 0.2) is 24.5 Å². The summed E-state index contributed by atoms with van der Waals surface area (Å²) in [5.74, 6) is 7.42. The monoisotopic (exact) mass is 497 g/mol. The summed E-state index contributed by atoms with van der Waals surface area (Å²) in [6.07, 6.45) is 3.93. The zero-order valence-electron chi connectivity index (χ0n) is 21.9. The lowest BCUT2D eigenvalue weighted by Gasteiger charge is -2.28. The SMILES string of the molecule is CNc1ncc(C#CCCCNC(=O)[C@H](C)N(C)C(=O)OC(C)(C)C)c(Nc2ccc(OC)nc2)n1. The van der Waals surface area contributed by atoms with E-state index in [9.17, 15) is 9.59 Å². The summed E-state index contributed by atoms with van der Waals surface area (Å²) >= 11 is 0. The molecule has 1 atom stereocenters. The van der Waals surface area contributed by atoms with Crippen molar-refractivity contribution < 1.29 is 19.1 Å². The molecule has 11 heteroatoms. The van der Waals surface area contributed by atoms with E-state index < -0.39 is 17.7 Å². The molecule has 0 aliphatic carbocycles. The van der Waals surface area contributed by atoms with Gasteiger partial charge in [0.25, 0.3) is 0 Å². The normalized spacial score (nSPS) is 11.4. The van der Waals surface area contributed by atoms with Crippen molar-refractivity contribution in [1.82, 2.24) is 25.2 Å². The van der Waals surface area contributed by atoms with Gasteiger partial charge in [-0.2, -0.15) is 4.98 Å². The van der Waals surface area contributed by atoms with Crippen molar-refractivity contribution in [2.24, 2.45) is 0 Å². The van der Waals surface area contributed by atoms with E-state index in [4.69, 9.17) is 9.47 Å². The number of methoxy groups -OCH3 is 1. The van der Waals surface area contributed by atoms with Crippen LogP contribution in [0.2, 0.25) is 0 Å². The maximum absolute atomic E-state index is 12.4. The number of nitrogens with one attached hydrogen (secondary N) is 3. The fourth-order valence-corrected chi connectivity index (χ4v) is 2.76. The Morgan fingerprint density at radius 1 is 1.19 bits per heavy atom. The third-order valence-electron chi connectivity index (χ3n) is 4.86. The number of carbonyl (C=O) groups excluding carboxylic acids is 2. The van der Waals surface area contributed by atoms with E-state index in [2.05, 4.69) is 42.7 Å². The maximum atomic E-state index is 12.4. The molecule has 11 nitrogen and oxygen atoms in total. The predicted molar refractivity (Wildman–Crippen MR) is 138 cm³/mol. The highest BCUT2D eigenvalue weighted by molar-refractivity contribution is 5.85. The first kappa shape index (κ1) is 28.2. The van der Waals surface area contributed by atoms with E-state index in [-0.39, 0.29) is 5.91 Å². The molecule has 0 bridgehead atoms. The zero-order valence-corrected chi connectivity index (χ0v) is 21.9. The Bertz CT molecular complexity index is 1090. The number of hydrogen-bond acceptors (Lipinski definition) is 9. The predicted octanol–water partition coefficient (Wildman–Crippen LogP) is 3.17. The Kier molecular flexibility index (Phi) is 10.3. The second-order valence-electron chi connectivity index (χ2n) is 8.88. The molecule has 2 aromatic heterocycles. The Morgan fingerprint density at radius 2 is 1.94 bits per heavy atom. The summed E-state index contributed by atoms with van der Waals surface area (Å²) in [7, 11) is 4.83. The maximum Gasteiger partial charge on any atom is 0.410 e. The minimum absolute atomic E-state index is 0.257. The molecular formula is C25H35N7O4. The molecule has 2 heterocycles. The number of likely N-dealkylation sites (N-methyl/N-ethyl adjacent to an activating group) is 1. The number of nitrogens with zero attached hydrogens (tertiary/aromatic N) is 4. The lowest BCUT2D eigenvalue weighted by molar-refractivity contribution is -0.125. The molecule has 0 radical (unpaired) electrons. The van der Waals surface area contributed by atoms with Gasteiger partial charge in [0.1, 0.15) is 11.6 Å². The van der Waals surface area contributed by atoms with Gasteiger partial charge < -0.3 is 25.4 Å². The van der Waals surface area contributed by atoms with Crippen molar-refractivity contribution in [2.75, 3.05) is 38.4 Å². The van der Waals surface area contributed by atoms with Crippen molar-refractivity contribution in [3.05, 3.63) is 30.1 Å². The van der Waals surface area contributed by atoms with Gasteiger partial charge in [-0.25, -0.2) is 14.8 Å². The first-order chi connectivity index (χ1) is 17.0. The first-order valence-corrected chi connectivity index (χ1v) is 11.6. The number of aromatic nitrogens is 3. The Hall–Kier alpha value is -4.07. The topological polar surface area (TPSA) is 131 Å². The van der Waals surface area contributed by atoms with Crippen LogP contribution in [0, 0.1) is 11.8 Å². The molecule has 0 aromatic carbocycles. The van der Waals surface area contributed by atoms with Crippen molar-refractivity contribution in [1.29, 1.82) is 0 Å². The molecule has 0 unspecified atom stereocenters. The van der Waals surface area contributed by atoms with Gasteiger partial charge in [0.05, 0.1) is 30.8 Å². The van der Waals surface area contributed by atoms with Crippen LogP contribution >= 0.6 is 0 Å². The summed E-state index contributed by atoms with van der Waals surface area (Å²) in [5, 5.41) is 8.94. The summed E-state index contributed by atoms with van der Waals surface area (Å²) < 4.78 is 10.4. The number of rotatable bonds is 9. The highest BCUT2D eigenvalue weighted by atomic mass is 16.6. The molecule has 194 valence electrons. The first-order valence-electron chi connectivity index (χ1n) is 11.6. The second-order valence-corrected chi connectivity index (χ2v) is 8.88. The van der Waals surface area contributed by atoms with Crippen LogP contribution in [0.25, 0.3) is 0 Å². The van der Waals surface area contributed by atoms with Gasteiger partial charge in [0.2, 0.25) is 17.7 Å². The van der Waals surface area contributed by atoms with Gasteiger partial charge in [-0.1, -0.05) is 11.8 Å². The van der Waals surface area contributed by atoms with E-state index in [0.29, 0.717) is 42.6 Å².